The van der Waals surface area contributed by atoms with Gasteiger partial charge in [-0.3, -0.25) is 4.68 Å². The quantitative estimate of drug-likeness (QED) is 0.875. The first-order valence-electron chi connectivity index (χ1n) is 5.87. The molecule has 1 atom stereocenters. The van der Waals surface area contributed by atoms with E-state index >= 15 is 0 Å². The van der Waals surface area contributed by atoms with Crippen molar-refractivity contribution in [2.24, 2.45) is 7.05 Å². The Labute approximate surface area is 102 Å². The summed E-state index contributed by atoms with van der Waals surface area (Å²) in [5.74, 6) is 0. The first kappa shape index (κ1) is 11.9. The van der Waals surface area contributed by atoms with E-state index in [9.17, 15) is 0 Å². The second-order valence-corrected chi connectivity index (χ2v) is 4.41. The molecule has 90 valence electrons. The summed E-state index contributed by atoms with van der Waals surface area (Å²) in [7, 11) is 3.95. The van der Waals surface area contributed by atoms with Crippen LogP contribution < -0.4 is 5.32 Å². The third-order valence-electron chi connectivity index (χ3n) is 3.22. The van der Waals surface area contributed by atoms with Crippen molar-refractivity contribution < 1.29 is 0 Å². The highest BCUT2D eigenvalue weighted by atomic mass is 15.3. The molecule has 1 aromatic carbocycles. The van der Waals surface area contributed by atoms with Gasteiger partial charge in [-0.05, 0) is 38.1 Å². The van der Waals surface area contributed by atoms with Gasteiger partial charge in [-0.15, -0.1) is 0 Å². The SMILES string of the molecule is CNC(c1cc(C)n(C)n1)c1ccccc1C. The third-order valence-corrected chi connectivity index (χ3v) is 3.22. The Morgan fingerprint density at radius 3 is 2.47 bits per heavy atom. The van der Waals surface area contributed by atoms with E-state index in [4.69, 9.17) is 0 Å². The fourth-order valence-electron chi connectivity index (χ4n) is 2.10. The fraction of sp³-hybridized carbons (Fsp3) is 0.357. The molecule has 1 unspecified atom stereocenters. The minimum Gasteiger partial charge on any atom is -0.308 e. The molecular formula is C14H19N3. The van der Waals surface area contributed by atoms with Crippen LogP contribution >= 0.6 is 0 Å². The molecule has 2 aromatic rings. The zero-order valence-corrected chi connectivity index (χ0v) is 10.9. The van der Waals surface area contributed by atoms with Gasteiger partial charge in [-0.25, -0.2) is 0 Å². The number of nitrogens with zero attached hydrogens (tertiary/aromatic N) is 2. The molecule has 3 heteroatoms. The molecule has 0 bridgehead atoms. The maximum atomic E-state index is 4.55. The zero-order chi connectivity index (χ0) is 12.4. The summed E-state index contributed by atoms with van der Waals surface area (Å²) in [6, 6.07) is 10.7. The smallest absolute Gasteiger partial charge is 0.0842 e. The fourth-order valence-corrected chi connectivity index (χ4v) is 2.10. The number of benzene rings is 1. The van der Waals surface area contributed by atoms with Gasteiger partial charge in [0.25, 0.3) is 0 Å². The van der Waals surface area contributed by atoms with Gasteiger partial charge < -0.3 is 5.32 Å². The first-order chi connectivity index (χ1) is 8.13. The average molecular weight is 229 g/mol. The minimum atomic E-state index is 0.163. The first-order valence-corrected chi connectivity index (χ1v) is 5.87. The Hall–Kier alpha value is -1.61. The van der Waals surface area contributed by atoms with Gasteiger partial charge in [0, 0.05) is 12.7 Å². The molecular weight excluding hydrogens is 210 g/mol. The second-order valence-electron chi connectivity index (χ2n) is 4.41. The van der Waals surface area contributed by atoms with E-state index in [1.807, 2.05) is 18.8 Å². The number of hydrogen-bond acceptors (Lipinski definition) is 2. The Balaban J connectivity index is 2.44. The summed E-state index contributed by atoms with van der Waals surface area (Å²) < 4.78 is 1.91. The summed E-state index contributed by atoms with van der Waals surface area (Å²) in [5.41, 5.74) is 4.82. The van der Waals surface area contributed by atoms with E-state index in [0.29, 0.717) is 0 Å². The lowest BCUT2D eigenvalue weighted by Gasteiger charge is -2.16. The van der Waals surface area contributed by atoms with E-state index in [-0.39, 0.29) is 6.04 Å². The van der Waals surface area contributed by atoms with Crippen LogP contribution in [-0.2, 0) is 7.05 Å². The Morgan fingerprint density at radius 2 is 1.94 bits per heavy atom. The predicted octanol–water partition coefficient (Wildman–Crippen LogP) is 2.35. The molecule has 1 aromatic heterocycles. The third kappa shape index (κ3) is 2.24. The van der Waals surface area contributed by atoms with E-state index in [0.717, 1.165) is 5.69 Å². The Bertz CT molecular complexity index is 494. The molecule has 3 nitrogen and oxygen atoms in total. The van der Waals surface area contributed by atoms with Gasteiger partial charge in [0.05, 0.1) is 11.7 Å². The van der Waals surface area contributed by atoms with Crippen molar-refractivity contribution in [2.75, 3.05) is 7.05 Å². The van der Waals surface area contributed by atoms with Crippen LogP contribution in [0.1, 0.15) is 28.6 Å². The molecule has 0 aliphatic heterocycles. The molecule has 1 N–H and O–H groups in total. The highest BCUT2D eigenvalue weighted by molar-refractivity contribution is 5.34. The van der Waals surface area contributed by atoms with Crippen LogP contribution in [0.15, 0.2) is 30.3 Å². The van der Waals surface area contributed by atoms with E-state index < -0.39 is 0 Å². The normalized spacial score (nSPS) is 12.7. The zero-order valence-electron chi connectivity index (χ0n) is 10.9. The van der Waals surface area contributed by atoms with Gasteiger partial charge in [-0.1, -0.05) is 24.3 Å². The van der Waals surface area contributed by atoms with Gasteiger partial charge in [-0.2, -0.15) is 5.10 Å². The van der Waals surface area contributed by atoms with Crippen molar-refractivity contribution in [1.82, 2.24) is 15.1 Å². The van der Waals surface area contributed by atoms with Gasteiger partial charge in [0.15, 0.2) is 0 Å². The van der Waals surface area contributed by atoms with Gasteiger partial charge in [0.1, 0.15) is 0 Å². The van der Waals surface area contributed by atoms with Crippen LogP contribution in [0.3, 0.4) is 0 Å². The summed E-state index contributed by atoms with van der Waals surface area (Å²) >= 11 is 0. The predicted molar refractivity (Wildman–Crippen MR) is 70.0 cm³/mol. The van der Waals surface area contributed by atoms with E-state index in [1.54, 1.807) is 0 Å². The molecule has 0 aliphatic rings. The van der Waals surface area contributed by atoms with Crippen molar-refractivity contribution in [3.8, 4) is 0 Å². The molecule has 0 fully saturated rings. The molecule has 0 amide bonds. The average Bonchev–Trinajstić information content (AvgIpc) is 2.63. The highest BCUT2D eigenvalue weighted by Crippen LogP contribution is 2.23. The summed E-state index contributed by atoms with van der Waals surface area (Å²) in [4.78, 5) is 0. The lowest BCUT2D eigenvalue weighted by Crippen LogP contribution is -2.19. The molecule has 0 spiro atoms. The summed E-state index contributed by atoms with van der Waals surface area (Å²) in [6.45, 7) is 4.20. The number of aryl methyl sites for hydroxylation is 3. The maximum absolute atomic E-state index is 4.55. The lowest BCUT2D eigenvalue weighted by molar-refractivity contribution is 0.636. The molecule has 0 radical (unpaired) electrons. The molecule has 0 aliphatic carbocycles. The molecule has 0 saturated heterocycles. The van der Waals surface area contributed by atoms with Crippen molar-refractivity contribution >= 4 is 0 Å². The number of hydrogen-bond donors (Lipinski definition) is 1. The Morgan fingerprint density at radius 1 is 1.24 bits per heavy atom. The van der Waals surface area contributed by atoms with Crippen molar-refractivity contribution in [3.05, 3.63) is 52.8 Å². The minimum absolute atomic E-state index is 0.163. The van der Waals surface area contributed by atoms with Crippen LogP contribution in [0.4, 0.5) is 0 Å². The molecule has 0 saturated carbocycles. The van der Waals surface area contributed by atoms with Crippen molar-refractivity contribution in [2.45, 2.75) is 19.9 Å². The number of rotatable bonds is 3. The number of nitrogens with one attached hydrogen (secondary N) is 1. The largest absolute Gasteiger partial charge is 0.308 e. The summed E-state index contributed by atoms with van der Waals surface area (Å²) in [6.07, 6.45) is 0. The topological polar surface area (TPSA) is 29.9 Å². The Kier molecular flexibility index (Phi) is 3.29. The van der Waals surface area contributed by atoms with Crippen LogP contribution in [0.25, 0.3) is 0 Å². The van der Waals surface area contributed by atoms with E-state index in [2.05, 4.69) is 54.6 Å². The van der Waals surface area contributed by atoms with Crippen molar-refractivity contribution in [3.63, 3.8) is 0 Å². The van der Waals surface area contributed by atoms with E-state index in [1.165, 1.54) is 16.8 Å². The highest BCUT2D eigenvalue weighted by Gasteiger charge is 2.17. The number of aromatic nitrogens is 2. The van der Waals surface area contributed by atoms with Crippen molar-refractivity contribution in [1.29, 1.82) is 0 Å². The van der Waals surface area contributed by atoms with Gasteiger partial charge in [0.2, 0.25) is 0 Å². The molecule has 17 heavy (non-hydrogen) atoms. The molecule has 1 heterocycles. The lowest BCUT2D eigenvalue weighted by atomic mass is 9.99. The van der Waals surface area contributed by atoms with Crippen LogP contribution in [0.5, 0.6) is 0 Å². The molecule has 2 rings (SSSR count). The van der Waals surface area contributed by atoms with Crippen LogP contribution in [0.2, 0.25) is 0 Å². The summed E-state index contributed by atoms with van der Waals surface area (Å²) in [5, 5.41) is 7.89. The standard InChI is InChI=1S/C14H19N3/c1-10-7-5-6-8-12(10)14(15-3)13-9-11(2)17(4)16-13/h5-9,14-15H,1-4H3. The second kappa shape index (κ2) is 4.72. The monoisotopic (exact) mass is 229 g/mol. The maximum Gasteiger partial charge on any atom is 0.0842 e. The van der Waals surface area contributed by atoms with Crippen LogP contribution in [0, 0.1) is 13.8 Å². The van der Waals surface area contributed by atoms with Crippen LogP contribution in [-0.4, -0.2) is 16.8 Å². The van der Waals surface area contributed by atoms with Gasteiger partial charge >= 0.3 is 0 Å².